The molecule has 0 fully saturated rings. The number of fused-ring (bicyclic) bond motifs is 2. The van der Waals surface area contributed by atoms with Crippen LogP contribution in [0.3, 0.4) is 0 Å². The molecule has 5 aromatic rings. The van der Waals surface area contributed by atoms with Crippen molar-refractivity contribution in [3.8, 4) is 11.1 Å². The standard InChI is InChI=1S/C22H17F3N6O/c1-11-28-19(20(31(11)2)22(23,24)25)21(32)29-17-8-12(9-18-15(17)10-27-30-18)13-4-3-5-16-14(13)6-7-26-16/h3-10,26H,1-2H3,(H,27,30)(H,29,32). The van der Waals surface area contributed by atoms with Gasteiger partial charge in [0, 0.05) is 29.5 Å². The van der Waals surface area contributed by atoms with Gasteiger partial charge in [0.25, 0.3) is 5.91 Å². The molecule has 0 aliphatic rings. The highest BCUT2D eigenvalue weighted by Gasteiger charge is 2.40. The SMILES string of the molecule is Cc1nc(C(=O)Nc2cc(-c3cccc4[nH]ccc34)cc3[nH]ncc23)c(C(F)(F)F)n1C. The summed E-state index contributed by atoms with van der Waals surface area (Å²) in [5.41, 5.74) is 1.82. The molecule has 3 N–H and O–H groups in total. The summed E-state index contributed by atoms with van der Waals surface area (Å²) >= 11 is 0. The maximum Gasteiger partial charge on any atom is 0.433 e. The van der Waals surface area contributed by atoms with Gasteiger partial charge in [-0.3, -0.25) is 9.89 Å². The van der Waals surface area contributed by atoms with Gasteiger partial charge in [0.1, 0.15) is 5.82 Å². The molecule has 7 nitrogen and oxygen atoms in total. The smallest absolute Gasteiger partial charge is 0.361 e. The Bertz CT molecular complexity index is 1490. The lowest BCUT2D eigenvalue weighted by atomic mass is 9.99. The van der Waals surface area contributed by atoms with E-state index in [-0.39, 0.29) is 5.82 Å². The van der Waals surface area contributed by atoms with E-state index in [0.29, 0.717) is 16.6 Å². The number of imidazole rings is 1. The Morgan fingerprint density at radius 2 is 1.94 bits per heavy atom. The van der Waals surface area contributed by atoms with Crippen molar-refractivity contribution in [1.29, 1.82) is 0 Å². The quantitative estimate of drug-likeness (QED) is 0.369. The molecule has 0 aliphatic heterocycles. The Balaban J connectivity index is 1.62. The number of benzene rings is 2. The molecule has 0 spiro atoms. The Morgan fingerprint density at radius 3 is 2.72 bits per heavy atom. The molecular weight excluding hydrogens is 421 g/mol. The van der Waals surface area contributed by atoms with Crippen molar-refractivity contribution in [2.75, 3.05) is 5.32 Å². The van der Waals surface area contributed by atoms with Crippen LogP contribution < -0.4 is 5.32 Å². The van der Waals surface area contributed by atoms with E-state index in [4.69, 9.17) is 0 Å². The van der Waals surface area contributed by atoms with Crippen molar-refractivity contribution in [3.63, 3.8) is 0 Å². The molecular formula is C22H17F3N6O. The summed E-state index contributed by atoms with van der Waals surface area (Å²) < 4.78 is 41.6. The fraction of sp³-hybridized carbons (Fsp3) is 0.136. The number of aromatic amines is 2. The zero-order valence-electron chi connectivity index (χ0n) is 17.0. The average molecular weight is 438 g/mol. The average Bonchev–Trinajstić information content (AvgIpc) is 3.46. The predicted octanol–water partition coefficient (Wildman–Crippen LogP) is 5.02. The first kappa shape index (κ1) is 19.9. The van der Waals surface area contributed by atoms with E-state index in [1.165, 1.54) is 20.2 Å². The third-order valence-electron chi connectivity index (χ3n) is 5.52. The number of anilines is 1. The van der Waals surface area contributed by atoms with E-state index >= 15 is 0 Å². The number of hydrogen-bond donors (Lipinski definition) is 3. The number of rotatable bonds is 3. The Labute approximate surface area is 179 Å². The van der Waals surface area contributed by atoms with Crippen molar-refractivity contribution in [1.82, 2.24) is 24.7 Å². The summed E-state index contributed by atoms with van der Waals surface area (Å²) in [6.45, 7) is 1.42. The summed E-state index contributed by atoms with van der Waals surface area (Å²) in [6.07, 6.45) is -1.38. The van der Waals surface area contributed by atoms with Crippen LogP contribution in [0.25, 0.3) is 32.9 Å². The van der Waals surface area contributed by atoms with Crippen LogP contribution in [0.4, 0.5) is 18.9 Å². The van der Waals surface area contributed by atoms with Gasteiger partial charge >= 0.3 is 6.18 Å². The molecule has 0 bridgehead atoms. The Hall–Kier alpha value is -4.08. The summed E-state index contributed by atoms with van der Waals surface area (Å²) in [4.78, 5) is 19.9. The maximum atomic E-state index is 13.6. The first-order chi connectivity index (χ1) is 15.2. The first-order valence-corrected chi connectivity index (χ1v) is 9.69. The molecule has 0 aliphatic carbocycles. The van der Waals surface area contributed by atoms with Gasteiger partial charge in [0.2, 0.25) is 0 Å². The van der Waals surface area contributed by atoms with Crippen LogP contribution in [0.15, 0.2) is 48.8 Å². The van der Waals surface area contributed by atoms with Crippen molar-refractivity contribution in [2.24, 2.45) is 7.05 Å². The van der Waals surface area contributed by atoms with Gasteiger partial charge in [0.15, 0.2) is 11.4 Å². The lowest BCUT2D eigenvalue weighted by Gasteiger charge is -2.12. The van der Waals surface area contributed by atoms with Crippen LogP contribution in [0.5, 0.6) is 0 Å². The lowest BCUT2D eigenvalue weighted by molar-refractivity contribution is -0.143. The highest BCUT2D eigenvalue weighted by atomic mass is 19.4. The van der Waals surface area contributed by atoms with E-state index in [1.807, 2.05) is 36.5 Å². The third-order valence-corrected chi connectivity index (χ3v) is 5.52. The van der Waals surface area contributed by atoms with Gasteiger partial charge in [-0.15, -0.1) is 0 Å². The molecule has 0 atom stereocenters. The van der Waals surface area contributed by atoms with Crippen LogP contribution in [0, 0.1) is 6.92 Å². The number of alkyl halides is 3. The number of hydrogen-bond acceptors (Lipinski definition) is 3. The number of carbonyl (C=O) groups is 1. The van der Waals surface area contributed by atoms with Crippen molar-refractivity contribution in [2.45, 2.75) is 13.1 Å². The first-order valence-electron chi connectivity index (χ1n) is 9.69. The number of aryl methyl sites for hydroxylation is 1. The second kappa shape index (κ2) is 6.98. The van der Waals surface area contributed by atoms with Crippen molar-refractivity contribution in [3.05, 3.63) is 66.0 Å². The van der Waals surface area contributed by atoms with Gasteiger partial charge in [0.05, 0.1) is 17.4 Å². The normalized spacial score (nSPS) is 12.0. The largest absolute Gasteiger partial charge is 0.433 e. The van der Waals surface area contributed by atoms with E-state index in [0.717, 1.165) is 26.6 Å². The maximum absolute atomic E-state index is 13.6. The van der Waals surface area contributed by atoms with Crippen LogP contribution >= 0.6 is 0 Å². The van der Waals surface area contributed by atoms with Crippen LogP contribution in [-0.2, 0) is 13.2 Å². The highest BCUT2D eigenvalue weighted by Crippen LogP contribution is 2.35. The predicted molar refractivity (Wildman–Crippen MR) is 114 cm³/mol. The molecule has 32 heavy (non-hydrogen) atoms. The Kier molecular flexibility index (Phi) is 4.33. The highest BCUT2D eigenvalue weighted by molar-refractivity contribution is 6.10. The molecule has 0 saturated heterocycles. The molecule has 162 valence electrons. The van der Waals surface area contributed by atoms with Crippen molar-refractivity contribution < 1.29 is 18.0 Å². The number of nitrogens with one attached hydrogen (secondary N) is 3. The summed E-state index contributed by atoms with van der Waals surface area (Å²) in [5, 5.41) is 11.0. The van der Waals surface area contributed by atoms with E-state index in [2.05, 4.69) is 25.5 Å². The lowest BCUT2D eigenvalue weighted by Crippen LogP contribution is -2.20. The number of amides is 1. The summed E-state index contributed by atoms with van der Waals surface area (Å²) in [5.74, 6) is -0.857. The number of H-pyrrole nitrogens is 2. The zero-order valence-corrected chi connectivity index (χ0v) is 17.0. The zero-order chi connectivity index (χ0) is 22.6. The number of halogens is 3. The second-order valence-corrected chi connectivity index (χ2v) is 7.47. The Morgan fingerprint density at radius 1 is 1.12 bits per heavy atom. The fourth-order valence-electron chi connectivity index (χ4n) is 3.92. The second-order valence-electron chi connectivity index (χ2n) is 7.47. The van der Waals surface area contributed by atoms with Crippen LogP contribution in [0.1, 0.15) is 22.0 Å². The summed E-state index contributed by atoms with van der Waals surface area (Å²) in [6, 6.07) is 11.3. The minimum absolute atomic E-state index is 0.0869. The minimum atomic E-state index is -4.72. The van der Waals surface area contributed by atoms with Gasteiger partial charge in [-0.05, 0) is 42.3 Å². The third kappa shape index (κ3) is 3.11. The van der Waals surface area contributed by atoms with Gasteiger partial charge in [-0.25, -0.2) is 4.98 Å². The van der Waals surface area contributed by atoms with Gasteiger partial charge in [-0.2, -0.15) is 18.3 Å². The minimum Gasteiger partial charge on any atom is -0.361 e. The van der Waals surface area contributed by atoms with E-state index < -0.39 is 23.5 Å². The number of nitrogens with zero attached hydrogens (tertiary/aromatic N) is 3. The molecule has 0 radical (unpaired) electrons. The topological polar surface area (TPSA) is 91.4 Å². The number of carbonyl (C=O) groups excluding carboxylic acids is 1. The van der Waals surface area contributed by atoms with Gasteiger partial charge < -0.3 is 14.9 Å². The molecule has 1 amide bonds. The summed E-state index contributed by atoms with van der Waals surface area (Å²) in [7, 11) is 1.23. The molecule has 5 rings (SSSR count). The molecule has 3 aromatic heterocycles. The molecule has 0 unspecified atom stereocenters. The molecule has 0 saturated carbocycles. The molecule has 10 heteroatoms. The van der Waals surface area contributed by atoms with Crippen LogP contribution in [-0.4, -0.2) is 30.6 Å². The van der Waals surface area contributed by atoms with E-state index in [1.54, 1.807) is 6.07 Å². The number of aromatic nitrogens is 5. The van der Waals surface area contributed by atoms with Gasteiger partial charge in [-0.1, -0.05) is 12.1 Å². The monoisotopic (exact) mass is 438 g/mol. The fourth-order valence-corrected chi connectivity index (χ4v) is 3.92. The van der Waals surface area contributed by atoms with Crippen LogP contribution in [0.2, 0.25) is 0 Å². The van der Waals surface area contributed by atoms with E-state index in [9.17, 15) is 18.0 Å². The molecule has 2 aromatic carbocycles. The molecule has 3 heterocycles. The van der Waals surface area contributed by atoms with Crippen molar-refractivity contribution >= 4 is 33.4 Å².